The molecule has 4 heterocycles. The van der Waals surface area contributed by atoms with E-state index in [1.807, 2.05) is 18.4 Å². The molecule has 3 unspecified atom stereocenters. The van der Waals surface area contributed by atoms with Crippen LogP contribution in [-0.2, 0) is 10.3 Å². The van der Waals surface area contributed by atoms with E-state index in [1.165, 1.54) is 18.7 Å². The van der Waals surface area contributed by atoms with Crippen LogP contribution < -0.4 is 5.73 Å². The molecule has 0 saturated carbocycles. The van der Waals surface area contributed by atoms with E-state index in [-0.39, 0.29) is 29.7 Å². The SMILES string of the molecule is CC(C)n1c(C(C)(C)O)nc2c(F)cc(-c3nc(N)ncc3Br)cc21.OC1CCC2CCC1O2. The minimum absolute atomic E-state index is 0.0139. The lowest BCUT2D eigenvalue weighted by atomic mass is 10.1. The van der Waals surface area contributed by atoms with E-state index in [2.05, 4.69) is 30.9 Å². The fourth-order valence-electron chi connectivity index (χ4n) is 4.60. The summed E-state index contributed by atoms with van der Waals surface area (Å²) >= 11 is 3.37. The molecule has 2 saturated heterocycles. The highest BCUT2D eigenvalue weighted by Crippen LogP contribution is 2.35. The monoisotopic (exact) mass is 535 g/mol. The van der Waals surface area contributed by atoms with Gasteiger partial charge in [-0.1, -0.05) is 0 Å². The van der Waals surface area contributed by atoms with Gasteiger partial charge in [0.15, 0.2) is 5.82 Å². The maximum absolute atomic E-state index is 14.8. The first-order valence-corrected chi connectivity index (χ1v) is 12.3. The molecule has 0 amide bonds. The Balaban J connectivity index is 0.000000252. The molecule has 0 aliphatic carbocycles. The van der Waals surface area contributed by atoms with Gasteiger partial charge >= 0.3 is 0 Å². The number of benzene rings is 1. The first-order valence-electron chi connectivity index (χ1n) is 11.5. The van der Waals surface area contributed by atoms with Crippen LogP contribution in [0.15, 0.2) is 22.8 Å². The second-order valence-electron chi connectivity index (χ2n) is 9.73. The third-order valence-electron chi connectivity index (χ3n) is 6.20. The zero-order chi connectivity index (χ0) is 24.8. The van der Waals surface area contributed by atoms with Crippen LogP contribution in [0.5, 0.6) is 0 Å². The summed E-state index contributed by atoms with van der Waals surface area (Å²) in [7, 11) is 0. The summed E-state index contributed by atoms with van der Waals surface area (Å²) in [5.41, 5.74) is 6.32. The lowest BCUT2D eigenvalue weighted by Gasteiger charge is -2.24. The summed E-state index contributed by atoms with van der Waals surface area (Å²) in [4.78, 5) is 12.5. The van der Waals surface area contributed by atoms with Crippen molar-refractivity contribution in [2.45, 2.75) is 83.3 Å². The van der Waals surface area contributed by atoms with Crippen LogP contribution in [0.4, 0.5) is 10.3 Å². The molecule has 184 valence electrons. The Morgan fingerprint density at radius 1 is 1.21 bits per heavy atom. The molecule has 10 heteroatoms. The lowest BCUT2D eigenvalue weighted by Crippen LogP contribution is -2.31. The van der Waals surface area contributed by atoms with Crippen LogP contribution in [0.1, 0.15) is 65.2 Å². The Labute approximate surface area is 206 Å². The third-order valence-corrected chi connectivity index (χ3v) is 6.78. The van der Waals surface area contributed by atoms with Gasteiger partial charge < -0.3 is 25.3 Å². The van der Waals surface area contributed by atoms with Gasteiger partial charge in [0.1, 0.15) is 16.9 Å². The molecule has 0 radical (unpaired) electrons. The summed E-state index contributed by atoms with van der Waals surface area (Å²) in [5.74, 6) is 0.0320. The lowest BCUT2D eigenvalue weighted by molar-refractivity contribution is -0.0746. The normalized spacial score (nSPS) is 22.2. The second kappa shape index (κ2) is 9.49. The molecule has 2 bridgehead atoms. The summed E-state index contributed by atoms with van der Waals surface area (Å²) in [5, 5.41) is 19.7. The van der Waals surface area contributed by atoms with Gasteiger partial charge in [-0.3, -0.25) is 0 Å². The number of aliphatic hydroxyl groups excluding tert-OH is 1. The van der Waals surface area contributed by atoms with Gasteiger partial charge in [-0.25, -0.2) is 19.3 Å². The van der Waals surface area contributed by atoms with Crippen molar-refractivity contribution in [1.29, 1.82) is 0 Å². The molecule has 3 aromatic rings. The molecule has 2 aliphatic heterocycles. The number of aliphatic hydroxyl groups is 2. The van der Waals surface area contributed by atoms with Crippen LogP contribution in [0.25, 0.3) is 22.3 Å². The van der Waals surface area contributed by atoms with Gasteiger partial charge in [0, 0.05) is 17.8 Å². The minimum atomic E-state index is -1.20. The molecule has 2 aromatic heterocycles. The molecule has 8 nitrogen and oxygen atoms in total. The molecule has 34 heavy (non-hydrogen) atoms. The summed E-state index contributed by atoms with van der Waals surface area (Å²) in [6, 6.07) is 3.15. The van der Waals surface area contributed by atoms with Crippen molar-refractivity contribution in [2.75, 3.05) is 5.73 Å². The highest BCUT2D eigenvalue weighted by molar-refractivity contribution is 9.10. The summed E-state index contributed by atoms with van der Waals surface area (Å²) < 4.78 is 22.7. The summed E-state index contributed by atoms with van der Waals surface area (Å²) in [6.07, 6.45) is 6.30. The number of aromatic nitrogens is 4. The second-order valence-corrected chi connectivity index (χ2v) is 10.6. The number of nitrogens with two attached hydrogens (primary N) is 1. The average Bonchev–Trinajstić information content (AvgIpc) is 3.35. The Bertz CT molecular complexity index is 1190. The van der Waals surface area contributed by atoms with Crippen LogP contribution >= 0.6 is 15.9 Å². The van der Waals surface area contributed by atoms with Crippen LogP contribution in [0, 0.1) is 5.82 Å². The van der Waals surface area contributed by atoms with Crippen LogP contribution in [-0.4, -0.2) is 48.0 Å². The van der Waals surface area contributed by atoms with E-state index in [1.54, 1.807) is 19.9 Å². The number of nitrogen functional groups attached to an aromatic ring is 1. The van der Waals surface area contributed by atoms with E-state index in [4.69, 9.17) is 10.5 Å². The zero-order valence-corrected chi connectivity index (χ0v) is 21.4. The number of halogens is 2. The molecule has 5 rings (SSSR count). The van der Waals surface area contributed by atoms with Crippen molar-refractivity contribution in [3.8, 4) is 11.3 Å². The van der Waals surface area contributed by atoms with Crippen molar-refractivity contribution in [2.24, 2.45) is 0 Å². The number of fused-ring (bicyclic) bond motifs is 3. The van der Waals surface area contributed by atoms with Crippen LogP contribution in [0.2, 0.25) is 0 Å². The number of hydrogen-bond acceptors (Lipinski definition) is 7. The molecule has 0 spiro atoms. The fourth-order valence-corrected chi connectivity index (χ4v) is 5.02. The predicted molar refractivity (Wildman–Crippen MR) is 132 cm³/mol. The Morgan fingerprint density at radius 3 is 2.56 bits per heavy atom. The molecule has 4 N–H and O–H groups in total. The number of imidazole rings is 1. The molecular formula is C24H31BrFN5O3. The predicted octanol–water partition coefficient (Wildman–Crippen LogP) is 4.47. The van der Waals surface area contributed by atoms with E-state index in [0.29, 0.717) is 33.2 Å². The number of hydrogen-bond donors (Lipinski definition) is 3. The third kappa shape index (κ3) is 4.95. The molecule has 1 aromatic carbocycles. The van der Waals surface area contributed by atoms with Crippen molar-refractivity contribution in [1.82, 2.24) is 19.5 Å². The van der Waals surface area contributed by atoms with Crippen LogP contribution in [0.3, 0.4) is 0 Å². The molecule has 3 atom stereocenters. The van der Waals surface area contributed by atoms with E-state index < -0.39 is 11.4 Å². The minimum Gasteiger partial charge on any atom is -0.390 e. The van der Waals surface area contributed by atoms with Gasteiger partial charge in [-0.2, -0.15) is 0 Å². The average molecular weight is 536 g/mol. The van der Waals surface area contributed by atoms with Crippen molar-refractivity contribution >= 4 is 32.9 Å². The van der Waals surface area contributed by atoms with Crippen molar-refractivity contribution in [3.05, 3.63) is 34.4 Å². The number of rotatable bonds is 3. The standard InChI is InChI=1S/C17H19BrFN5O.C7H12O2/c1-8(2)24-12-6-9(13-10(18)7-21-16(20)23-13)5-11(19)14(12)22-15(24)17(3,4)25;8-6-3-1-5-2-4-7(6)9-5/h5-8,25H,1-4H3,(H2,20,21,23);5-8H,1-4H2. The first kappa shape index (κ1) is 25.0. The van der Waals surface area contributed by atoms with Crippen molar-refractivity contribution in [3.63, 3.8) is 0 Å². The maximum atomic E-state index is 14.8. The van der Waals surface area contributed by atoms with Gasteiger partial charge in [0.25, 0.3) is 0 Å². The van der Waals surface area contributed by atoms with Gasteiger partial charge in [-0.15, -0.1) is 0 Å². The zero-order valence-electron chi connectivity index (χ0n) is 19.8. The number of nitrogens with zero attached hydrogens (tertiary/aromatic N) is 4. The molecular weight excluding hydrogens is 505 g/mol. The highest BCUT2D eigenvalue weighted by atomic mass is 79.9. The smallest absolute Gasteiger partial charge is 0.220 e. The van der Waals surface area contributed by atoms with Gasteiger partial charge in [0.05, 0.1) is 34.0 Å². The largest absolute Gasteiger partial charge is 0.390 e. The molecule has 2 fully saturated rings. The van der Waals surface area contributed by atoms with E-state index in [0.717, 1.165) is 19.3 Å². The topological polar surface area (TPSA) is 119 Å². The maximum Gasteiger partial charge on any atom is 0.220 e. The highest BCUT2D eigenvalue weighted by Gasteiger charge is 2.35. The summed E-state index contributed by atoms with van der Waals surface area (Å²) in [6.45, 7) is 7.18. The Kier molecular flexibility index (Phi) is 6.97. The Morgan fingerprint density at radius 2 is 1.91 bits per heavy atom. The number of anilines is 1. The first-order chi connectivity index (χ1) is 16.0. The van der Waals surface area contributed by atoms with Gasteiger partial charge in [0.2, 0.25) is 5.95 Å². The van der Waals surface area contributed by atoms with Crippen molar-refractivity contribution < 1.29 is 19.3 Å². The van der Waals surface area contributed by atoms with E-state index in [9.17, 15) is 14.6 Å². The fraction of sp³-hybridized carbons (Fsp3) is 0.542. The van der Waals surface area contributed by atoms with Gasteiger partial charge in [-0.05, 0) is 81.4 Å². The molecule has 2 aliphatic rings. The Hall–Kier alpha value is -2.14. The quantitative estimate of drug-likeness (QED) is 0.452. The van der Waals surface area contributed by atoms with E-state index >= 15 is 0 Å². The number of ether oxygens (including phenoxy) is 1.